The van der Waals surface area contributed by atoms with Crippen LogP contribution in [0.25, 0.3) is 0 Å². The van der Waals surface area contributed by atoms with E-state index in [1.165, 1.54) is 6.42 Å². The Morgan fingerprint density at radius 3 is 2.59 bits per heavy atom. The van der Waals surface area contributed by atoms with Crippen molar-refractivity contribution in [3.63, 3.8) is 0 Å². The minimum absolute atomic E-state index is 0.214. The maximum atomic E-state index is 13.0. The van der Waals surface area contributed by atoms with Gasteiger partial charge in [0.05, 0.1) is 0 Å². The molecule has 2 N–H and O–H groups in total. The molecule has 3 rings (SSSR count). The quantitative estimate of drug-likeness (QED) is 0.828. The van der Waals surface area contributed by atoms with Crippen LogP contribution in [0.15, 0.2) is 30.3 Å². The molecule has 2 fully saturated rings. The number of nitrogens with two attached hydrogens (primary N) is 1. The number of piperidine rings is 1. The van der Waals surface area contributed by atoms with Crippen molar-refractivity contribution >= 4 is 10.2 Å². The van der Waals surface area contributed by atoms with Crippen LogP contribution < -0.4 is 5.73 Å². The molecule has 2 aliphatic rings. The summed E-state index contributed by atoms with van der Waals surface area (Å²) in [6.45, 7) is 2.12. The SMILES string of the molecule is NCCCN(Cc1ccccc1)S(=O)(=O)N1CC2CCC1C2. The Labute approximate surface area is 133 Å². The van der Waals surface area contributed by atoms with Gasteiger partial charge in [-0.1, -0.05) is 30.3 Å². The maximum Gasteiger partial charge on any atom is 0.282 e. The van der Waals surface area contributed by atoms with Crippen molar-refractivity contribution < 1.29 is 8.42 Å². The smallest absolute Gasteiger partial charge is 0.282 e. The van der Waals surface area contributed by atoms with Gasteiger partial charge in [0.15, 0.2) is 0 Å². The molecule has 1 saturated carbocycles. The van der Waals surface area contributed by atoms with Crippen molar-refractivity contribution in [2.45, 2.75) is 38.3 Å². The molecule has 6 heteroatoms. The van der Waals surface area contributed by atoms with E-state index in [0.29, 0.717) is 38.5 Å². The zero-order valence-corrected chi connectivity index (χ0v) is 13.7. The van der Waals surface area contributed by atoms with Crippen LogP contribution >= 0.6 is 0 Å². The molecular weight excluding hydrogens is 298 g/mol. The summed E-state index contributed by atoms with van der Waals surface area (Å²) in [4.78, 5) is 0. The highest BCUT2D eigenvalue weighted by Crippen LogP contribution is 2.39. The average Bonchev–Trinajstić information content (AvgIpc) is 3.15. The summed E-state index contributed by atoms with van der Waals surface area (Å²) in [7, 11) is -3.39. The van der Waals surface area contributed by atoms with Gasteiger partial charge in [0.25, 0.3) is 10.2 Å². The fourth-order valence-corrected chi connectivity index (χ4v) is 5.58. The van der Waals surface area contributed by atoms with Gasteiger partial charge in [0, 0.05) is 25.7 Å². The predicted octanol–water partition coefficient (Wildman–Crippen LogP) is 1.57. The summed E-state index contributed by atoms with van der Waals surface area (Å²) in [5, 5.41) is 0. The Kier molecular flexibility index (Phi) is 4.82. The van der Waals surface area contributed by atoms with E-state index in [4.69, 9.17) is 5.73 Å². The van der Waals surface area contributed by atoms with Gasteiger partial charge in [-0.2, -0.15) is 17.0 Å². The molecule has 1 aliphatic heterocycles. The second-order valence-electron chi connectivity index (χ2n) is 6.37. The summed E-state index contributed by atoms with van der Waals surface area (Å²) in [5.74, 6) is 0.563. The van der Waals surface area contributed by atoms with Crippen molar-refractivity contribution in [2.75, 3.05) is 19.6 Å². The van der Waals surface area contributed by atoms with Gasteiger partial charge >= 0.3 is 0 Å². The zero-order valence-electron chi connectivity index (χ0n) is 12.9. The number of benzene rings is 1. The molecule has 22 heavy (non-hydrogen) atoms. The first-order valence-corrected chi connectivity index (χ1v) is 9.52. The van der Waals surface area contributed by atoms with E-state index in [0.717, 1.165) is 18.4 Å². The van der Waals surface area contributed by atoms with E-state index in [1.807, 2.05) is 30.3 Å². The highest BCUT2D eigenvalue weighted by atomic mass is 32.2. The molecule has 122 valence electrons. The predicted molar refractivity (Wildman–Crippen MR) is 87.3 cm³/mol. The first-order valence-electron chi connectivity index (χ1n) is 8.12. The van der Waals surface area contributed by atoms with Gasteiger partial charge in [-0.05, 0) is 43.7 Å². The molecule has 0 amide bonds. The molecule has 1 heterocycles. The molecular formula is C16H25N3O2S. The Morgan fingerprint density at radius 2 is 2.00 bits per heavy atom. The summed E-state index contributed by atoms with van der Waals surface area (Å²) in [6, 6.07) is 10.00. The normalized spacial score (nSPS) is 25.2. The third kappa shape index (κ3) is 3.20. The second kappa shape index (κ2) is 6.66. The van der Waals surface area contributed by atoms with Crippen LogP contribution in [0, 0.1) is 5.92 Å². The molecule has 0 spiro atoms. The number of nitrogens with zero attached hydrogens (tertiary/aromatic N) is 2. The van der Waals surface area contributed by atoms with Gasteiger partial charge in [-0.3, -0.25) is 0 Å². The lowest BCUT2D eigenvalue weighted by molar-refractivity contribution is 0.289. The zero-order chi connectivity index (χ0) is 15.6. The summed E-state index contributed by atoms with van der Waals surface area (Å²) in [5.41, 5.74) is 6.61. The van der Waals surface area contributed by atoms with E-state index in [-0.39, 0.29) is 6.04 Å². The van der Waals surface area contributed by atoms with Gasteiger partial charge in [-0.25, -0.2) is 0 Å². The topological polar surface area (TPSA) is 66.6 Å². The van der Waals surface area contributed by atoms with Crippen LogP contribution in [0.3, 0.4) is 0 Å². The van der Waals surface area contributed by atoms with E-state index in [2.05, 4.69) is 0 Å². The van der Waals surface area contributed by atoms with Crippen LogP contribution in [0.1, 0.15) is 31.2 Å². The van der Waals surface area contributed by atoms with E-state index >= 15 is 0 Å². The minimum Gasteiger partial charge on any atom is -0.330 e. The Morgan fingerprint density at radius 1 is 1.23 bits per heavy atom. The minimum atomic E-state index is -3.39. The lowest BCUT2D eigenvalue weighted by Crippen LogP contribution is -2.47. The molecule has 5 nitrogen and oxygen atoms in total. The third-order valence-electron chi connectivity index (χ3n) is 4.79. The molecule has 2 unspecified atom stereocenters. The molecule has 2 bridgehead atoms. The van der Waals surface area contributed by atoms with Crippen LogP contribution in [-0.2, 0) is 16.8 Å². The lowest BCUT2D eigenvalue weighted by Gasteiger charge is -2.32. The molecule has 1 aromatic rings. The molecule has 2 atom stereocenters. The first kappa shape index (κ1) is 15.9. The van der Waals surface area contributed by atoms with Crippen LogP contribution in [0.5, 0.6) is 0 Å². The van der Waals surface area contributed by atoms with Gasteiger partial charge in [0.1, 0.15) is 0 Å². The molecule has 0 radical (unpaired) electrons. The van der Waals surface area contributed by atoms with Crippen molar-refractivity contribution in [1.82, 2.24) is 8.61 Å². The molecule has 1 aliphatic carbocycles. The summed E-state index contributed by atoms with van der Waals surface area (Å²) in [6.07, 6.45) is 3.92. The Balaban J connectivity index is 1.78. The third-order valence-corrected chi connectivity index (χ3v) is 6.80. The fourth-order valence-electron chi connectivity index (χ4n) is 3.64. The first-order chi connectivity index (χ1) is 10.6. The number of rotatable bonds is 7. The Hall–Kier alpha value is -0.950. The summed E-state index contributed by atoms with van der Waals surface area (Å²) >= 11 is 0. The van der Waals surface area contributed by atoms with Crippen molar-refractivity contribution in [1.29, 1.82) is 0 Å². The Bertz CT molecular complexity index is 591. The van der Waals surface area contributed by atoms with Crippen molar-refractivity contribution in [3.8, 4) is 0 Å². The fraction of sp³-hybridized carbons (Fsp3) is 0.625. The number of fused-ring (bicyclic) bond motifs is 2. The van der Waals surface area contributed by atoms with Crippen LogP contribution in [0.2, 0.25) is 0 Å². The summed E-state index contributed by atoms with van der Waals surface area (Å²) < 4.78 is 29.4. The highest BCUT2D eigenvalue weighted by molar-refractivity contribution is 7.86. The van der Waals surface area contributed by atoms with E-state index in [9.17, 15) is 8.42 Å². The molecule has 1 aromatic carbocycles. The van der Waals surface area contributed by atoms with Crippen LogP contribution in [0.4, 0.5) is 0 Å². The van der Waals surface area contributed by atoms with Crippen molar-refractivity contribution in [2.24, 2.45) is 11.7 Å². The number of hydrogen-bond donors (Lipinski definition) is 1. The molecule has 1 saturated heterocycles. The largest absolute Gasteiger partial charge is 0.330 e. The van der Waals surface area contributed by atoms with Gasteiger partial charge in [-0.15, -0.1) is 0 Å². The second-order valence-corrected chi connectivity index (χ2v) is 8.25. The van der Waals surface area contributed by atoms with E-state index in [1.54, 1.807) is 8.61 Å². The van der Waals surface area contributed by atoms with Crippen molar-refractivity contribution in [3.05, 3.63) is 35.9 Å². The highest BCUT2D eigenvalue weighted by Gasteiger charge is 2.45. The van der Waals surface area contributed by atoms with Gasteiger partial charge in [0.2, 0.25) is 0 Å². The maximum absolute atomic E-state index is 13.0. The van der Waals surface area contributed by atoms with Crippen LogP contribution in [-0.4, -0.2) is 42.7 Å². The molecule has 0 aromatic heterocycles. The van der Waals surface area contributed by atoms with E-state index < -0.39 is 10.2 Å². The monoisotopic (exact) mass is 323 g/mol. The van der Waals surface area contributed by atoms with Gasteiger partial charge < -0.3 is 5.73 Å². The standard InChI is InChI=1S/C16H25N3O2S/c17-9-4-10-18(12-14-5-2-1-3-6-14)22(20,21)19-13-15-7-8-16(19)11-15/h1-3,5-6,15-16H,4,7-13,17H2. The lowest BCUT2D eigenvalue weighted by atomic mass is 10.1. The average molecular weight is 323 g/mol. The number of hydrogen-bond acceptors (Lipinski definition) is 3.